The molecular weight excluding hydrogens is 392 g/mol. The van der Waals surface area contributed by atoms with Crippen molar-refractivity contribution in [3.63, 3.8) is 0 Å². The van der Waals surface area contributed by atoms with Gasteiger partial charge in [0.1, 0.15) is 0 Å². The minimum Gasteiger partial charge on any atom is -0.0622 e. The van der Waals surface area contributed by atoms with E-state index in [0.29, 0.717) is 0 Å². The van der Waals surface area contributed by atoms with Crippen LogP contribution in [0, 0.1) is 13.8 Å². The molecule has 1 heteroatoms. The fraction of sp³-hybridized carbons (Fsp3) is 0.0769. The maximum Gasteiger partial charge on any atom is 0.0181 e. The van der Waals surface area contributed by atoms with Crippen molar-refractivity contribution in [2.75, 3.05) is 0 Å². The molecule has 0 saturated heterocycles. The molecule has 4 rings (SSSR count). The molecule has 132 valence electrons. The van der Waals surface area contributed by atoms with Gasteiger partial charge < -0.3 is 0 Å². The van der Waals surface area contributed by atoms with Crippen molar-refractivity contribution >= 4 is 15.9 Å². The van der Waals surface area contributed by atoms with Crippen LogP contribution in [0.3, 0.4) is 0 Å². The van der Waals surface area contributed by atoms with Gasteiger partial charge in [-0.15, -0.1) is 0 Å². The Bertz CT molecular complexity index is 1080. The summed E-state index contributed by atoms with van der Waals surface area (Å²) in [4.78, 5) is 0. The van der Waals surface area contributed by atoms with E-state index in [1.807, 2.05) is 0 Å². The van der Waals surface area contributed by atoms with Gasteiger partial charge in [-0.25, -0.2) is 0 Å². The number of hydrogen-bond acceptors (Lipinski definition) is 0. The van der Waals surface area contributed by atoms with Gasteiger partial charge in [0.2, 0.25) is 0 Å². The van der Waals surface area contributed by atoms with Crippen LogP contribution in [0.15, 0.2) is 95.5 Å². The predicted octanol–water partition coefficient (Wildman–Crippen LogP) is 8.07. The predicted molar refractivity (Wildman–Crippen MR) is 120 cm³/mol. The van der Waals surface area contributed by atoms with Crippen LogP contribution in [-0.4, -0.2) is 0 Å². The molecule has 0 unspecified atom stereocenters. The summed E-state index contributed by atoms with van der Waals surface area (Å²) < 4.78 is 1.10. The Morgan fingerprint density at radius 3 is 1.74 bits per heavy atom. The first-order valence-electron chi connectivity index (χ1n) is 9.16. The largest absolute Gasteiger partial charge is 0.0622 e. The Labute approximate surface area is 169 Å². The zero-order valence-electron chi connectivity index (χ0n) is 15.5. The number of rotatable bonds is 3. The summed E-state index contributed by atoms with van der Waals surface area (Å²) in [5, 5.41) is 0. The zero-order chi connectivity index (χ0) is 18.8. The van der Waals surface area contributed by atoms with Crippen molar-refractivity contribution in [3.05, 3.63) is 107 Å². The lowest BCUT2D eigenvalue weighted by Gasteiger charge is -2.20. The van der Waals surface area contributed by atoms with E-state index in [1.165, 1.54) is 44.5 Å². The molecule has 0 bridgehead atoms. The first kappa shape index (κ1) is 17.8. The SMILES string of the molecule is Cc1c(-c2ccccc2)cc(-c2cccc(Br)c2)c(-c2ccccc2)c1C. The Balaban J connectivity index is 2.06. The van der Waals surface area contributed by atoms with Crippen LogP contribution in [-0.2, 0) is 0 Å². The summed E-state index contributed by atoms with van der Waals surface area (Å²) in [6.07, 6.45) is 0. The molecule has 0 radical (unpaired) electrons. The molecule has 0 spiro atoms. The molecule has 27 heavy (non-hydrogen) atoms. The van der Waals surface area contributed by atoms with Crippen LogP contribution in [0.25, 0.3) is 33.4 Å². The van der Waals surface area contributed by atoms with Crippen molar-refractivity contribution in [3.8, 4) is 33.4 Å². The summed E-state index contributed by atoms with van der Waals surface area (Å²) in [5.41, 5.74) is 10.3. The quantitative estimate of drug-likeness (QED) is 0.319. The van der Waals surface area contributed by atoms with Crippen molar-refractivity contribution in [1.82, 2.24) is 0 Å². The summed E-state index contributed by atoms with van der Waals surface area (Å²) in [6, 6.07) is 32.3. The third kappa shape index (κ3) is 3.48. The first-order chi connectivity index (χ1) is 13.1. The van der Waals surface area contributed by atoms with E-state index in [0.717, 1.165) is 4.47 Å². The van der Waals surface area contributed by atoms with Crippen LogP contribution >= 0.6 is 15.9 Å². The second kappa shape index (κ2) is 7.54. The maximum atomic E-state index is 3.64. The summed E-state index contributed by atoms with van der Waals surface area (Å²) in [7, 11) is 0. The van der Waals surface area contributed by atoms with E-state index in [-0.39, 0.29) is 0 Å². The molecule has 0 aliphatic heterocycles. The molecule has 4 aromatic carbocycles. The van der Waals surface area contributed by atoms with Gasteiger partial charge in [0, 0.05) is 4.47 Å². The molecule has 0 amide bonds. The molecule has 0 atom stereocenters. The van der Waals surface area contributed by atoms with Crippen molar-refractivity contribution < 1.29 is 0 Å². The van der Waals surface area contributed by atoms with Gasteiger partial charge in [-0.1, -0.05) is 88.7 Å². The van der Waals surface area contributed by atoms with E-state index in [1.54, 1.807) is 0 Å². The van der Waals surface area contributed by atoms with Gasteiger partial charge in [-0.2, -0.15) is 0 Å². The van der Waals surface area contributed by atoms with Crippen LogP contribution in [0.4, 0.5) is 0 Å². The third-order valence-corrected chi connectivity index (χ3v) is 5.68. The maximum absolute atomic E-state index is 3.64. The summed E-state index contributed by atoms with van der Waals surface area (Å²) in [5.74, 6) is 0. The second-order valence-electron chi connectivity index (χ2n) is 6.84. The summed E-state index contributed by atoms with van der Waals surface area (Å²) >= 11 is 3.64. The minimum absolute atomic E-state index is 1.10. The molecule has 0 aromatic heterocycles. The fourth-order valence-electron chi connectivity index (χ4n) is 3.69. The highest BCUT2D eigenvalue weighted by atomic mass is 79.9. The zero-order valence-corrected chi connectivity index (χ0v) is 17.1. The van der Waals surface area contributed by atoms with E-state index in [9.17, 15) is 0 Å². The highest BCUT2D eigenvalue weighted by molar-refractivity contribution is 9.10. The molecule has 0 nitrogen and oxygen atoms in total. The average Bonchev–Trinajstić information content (AvgIpc) is 2.71. The van der Waals surface area contributed by atoms with Crippen LogP contribution in [0.5, 0.6) is 0 Å². The lowest BCUT2D eigenvalue weighted by atomic mass is 9.84. The van der Waals surface area contributed by atoms with Crippen molar-refractivity contribution in [2.45, 2.75) is 13.8 Å². The van der Waals surface area contributed by atoms with Gasteiger partial charge in [0.25, 0.3) is 0 Å². The smallest absolute Gasteiger partial charge is 0.0181 e. The van der Waals surface area contributed by atoms with E-state index in [2.05, 4.69) is 121 Å². The molecule has 0 aliphatic rings. The molecular formula is C26H21Br. The Hall–Kier alpha value is -2.64. The molecule has 0 saturated carbocycles. The molecule has 4 aromatic rings. The minimum atomic E-state index is 1.10. The monoisotopic (exact) mass is 412 g/mol. The number of halogens is 1. The van der Waals surface area contributed by atoms with Gasteiger partial charge in [0.05, 0.1) is 0 Å². The lowest BCUT2D eigenvalue weighted by Crippen LogP contribution is -1.96. The Morgan fingerprint density at radius 2 is 1.11 bits per heavy atom. The Kier molecular flexibility index (Phi) is 4.96. The van der Waals surface area contributed by atoms with Crippen LogP contribution in [0.2, 0.25) is 0 Å². The highest BCUT2D eigenvalue weighted by Gasteiger charge is 2.16. The number of benzene rings is 4. The average molecular weight is 413 g/mol. The standard InChI is InChI=1S/C26H21Br/c1-18-19(2)26(21-12-7-4-8-13-21)25(22-14-9-15-23(27)16-22)17-24(18)20-10-5-3-6-11-20/h3-17H,1-2H3. The van der Waals surface area contributed by atoms with Gasteiger partial charge in [-0.05, 0) is 76.6 Å². The van der Waals surface area contributed by atoms with Crippen molar-refractivity contribution in [2.24, 2.45) is 0 Å². The topological polar surface area (TPSA) is 0 Å². The first-order valence-corrected chi connectivity index (χ1v) is 9.95. The van der Waals surface area contributed by atoms with E-state index in [4.69, 9.17) is 0 Å². The Morgan fingerprint density at radius 1 is 0.519 bits per heavy atom. The van der Waals surface area contributed by atoms with Crippen molar-refractivity contribution in [1.29, 1.82) is 0 Å². The van der Waals surface area contributed by atoms with E-state index >= 15 is 0 Å². The lowest BCUT2D eigenvalue weighted by molar-refractivity contribution is 1.34. The summed E-state index contributed by atoms with van der Waals surface area (Å²) in [6.45, 7) is 4.47. The molecule has 0 aliphatic carbocycles. The number of hydrogen-bond donors (Lipinski definition) is 0. The van der Waals surface area contributed by atoms with Crippen LogP contribution in [0.1, 0.15) is 11.1 Å². The van der Waals surface area contributed by atoms with Gasteiger partial charge in [0.15, 0.2) is 0 Å². The molecule has 0 heterocycles. The normalized spacial score (nSPS) is 10.8. The molecule has 0 N–H and O–H groups in total. The van der Waals surface area contributed by atoms with Gasteiger partial charge in [-0.3, -0.25) is 0 Å². The van der Waals surface area contributed by atoms with E-state index < -0.39 is 0 Å². The highest BCUT2D eigenvalue weighted by Crippen LogP contribution is 2.41. The second-order valence-corrected chi connectivity index (χ2v) is 7.75. The molecule has 0 fully saturated rings. The third-order valence-electron chi connectivity index (χ3n) is 5.18. The fourth-order valence-corrected chi connectivity index (χ4v) is 4.09. The van der Waals surface area contributed by atoms with Gasteiger partial charge >= 0.3 is 0 Å². The van der Waals surface area contributed by atoms with Crippen LogP contribution < -0.4 is 0 Å².